The molecule has 0 aliphatic heterocycles. The first-order valence-corrected chi connectivity index (χ1v) is 7.99. The Hall–Kier alpha value is -2.42. The molecular formula is C20H22N2O. The first-order chi connectivity index (χ1) is 11.0. The van der Waals surface area contributed by atoms with E-state index in [1.54, 1.807) is 12.3 Å². The van der Waals surface area contributed by atoms with Gasteiger partial charge in [-0.15, -0.1) is 0 Å². The predicted octanol–water partition coefficient (Wildman–Crippen LogP) is 4.03. The Kier molecular flexibility index (Phi) is 4.28. The molecule has 1 atom stereocenters. The molecule has 1 heterocycles. The van der Waals surface area contributed by atoms with Crippen LogP contribution in [-0.2, 0) is 4.79 Å². The Bertz CT molecular complexity index is 665. The Morgan fingerprint density at radius 2 is 1.78 bits per heavy atom. The third kappa shape index (κ3) is 3.86. The fourth-order valence-electron chi connectivity index (χ4n) is 3.14. The summed E-state index contributed by atoms with van der Waals surface area (Å²) < 4.78 is 0. The molecule has 23 heavy (non-hydrogen) atoms. The van der Waals surface area contributed by atoms with Gasteiger partial charge in [-0.25, -0.2) is 0 Å². The van der Waals surface area contributed by atoms with Crippen LogP contribution >= 0.6 is 0 Å². The van der Waals surface area contributed by atoms with Crippen LogP contribution in [0.5, 0.6) is 0 Å². The van der Waals surface area contributed by atoms with Gasteiger partial charge >= 0.3 is 0 Å². The second-order valence-corrected chi connectivity index (χ2v) is 6.90. The number of aromatic nitrogens is 1. The number of nitrogens with one attached hydrogen (secondary N) is 1. The number of benzene rings is 1. The zero-order chi connectivity index (χ0) is 16.3. The van der Waals surface area contributed by atoms with E-state index in [4.69, 9.17) is 0 Å². The molecule has 0 bridgehead atoms. The molecule has 0 radical (unpaired) electrons. The quantitative estimate of drug-likeness (QED) is 0.927. The van der Waals surface area contributed by atoms with Crippen LogP contribution in [0.25, 0.3) is 0 Å². The van der Waals surface area contributed by atoms with Gasteiger partial charge in [-0.1, -0.05) is 50.2 Å². The molecule has 1 unspecified atom stereocenters. The number of rotatable bonds is 4. The summed E-state index contributed by atoms with van der Waals surface area (Å²) in [6.45, 7) is 4.27. The van der Waals surface area contributed by atoms with Crippen LogP contribution in [0.2, 0.25) is 0 Å². The van der Waals surface area contributed by atoms with Crippen LogP contribution in [0.4, 0.5) is 0 Å². The minimum atomic E-state index is -0.0506. The van der Waals surface area contributed by atoms with Crippen molar-refractivity contribution in [2.24, 2.45) is 5.41 Å². The summed E-state index contributed by atoms with van der Waals surface area (Å²) in [6.07, 6.45) is 5.04. The van der Waals surface area contributed by atoms with Gasteiger partial charge in [0, 0.05) is 24.4 Å². The first kappa shape index (κ1) is 15.5. The molecule has 1 aliphatic rings. The number of hydrogen-bond acceptors (Lipinski definition) is 3. The zero-order valence-electron chi connectivity index (χ0n) is 13.6. The molecule has 0 saturated carbocycles. The summed E-state index contributed by atoms with van der Waals surface area (Å²) >= 11 is 0. The molecule has 1 aromatic carbocycles. The first-order valence-electron chi connectivity index (χ1n) is 7.99. The maximum Gasteiger partial charge on any atom is 0.157 e. The highest BCUT2D eigenvalue weighted by atomic mass is 16.1. The molecule has 0 spiro atoms. The van der Waals surface area contributed by atoms with Crippen LogP contribution in [0.15, 0.2) is 66.5 Å². The van der Waals surface area contributed by atoms with E-state index in [1.807, 2.05) is 36.4 Å². The highest BCUT2D eigenvalue weighted by Gasteiger charge is 2.29. The molecular weight excluding hydrogens is 284 g/mol. The lowest BCUT2D eigenvalue weighted by Gasteiger charge is -2.31. The van der Waals surface area contributed by atoms with Gasteiger partial charge in [0.15, 0.2) is 5.78 Å². The highest BCUT2D eigenvalue weighted by Crippen LogP contribution is 2.34. The molecule has 0 fully saturated rings. The molecule has 1 aromatic heterocycles. The normalized spacial score (nSPS) is 18.2. The van der Waals surface area contributed by atoms with Crippen molar-refractivity contribution in [3.05, 3.63) is 77.8 Å². The Labute approximate surface area is 137 Å². The van der Waals surface area contributed by atoms with E-state index in [2.05, 4.69) is 36.3 Å². The summed E-state index contributed by atoms with van der Waals surface area (Å²) in [7, 11) is 0. The molecule has 3 rings (SSSR count). The second-order valence-electron chi connectivity index (χ2n) is 6.90. The third-order valence-corrected chi connectivity index (χ3v) is 4.10. The van der Waals surface area contributed by atoms with Crippen molar-refractivity contribution in [3.8, 4) is 0 Å². The number of carbonyl (C=O) groups excluding carboxylic acids is 1. The van der Waals surface area contributed by atoms with E-state index in [0.29, 0.717) is 6.42 Å². The molecule has 1 aliphatic carbocycles. The van der Waals surface area contributed by atoms with Crippen molar-refractivity contribution in [2.45, 2.75) is 32.7 Å². The lowest BCUT2D eigenvalue weighted by atomic mass is 9.78. The number of ketones is 1. The van der Waals surface area contributed by atoms with Crippen LogP contribution in [-0.4, -0.2) is 10.8 Å². The van der Waals surface area contributed by atoms with Gasteiger partial charge in [0.25, 0.3) is 0 Å². The van der Waals surface area contributed by atoms with Crippen LogP contribution in [0.1, 0.15) is 44.0 Å². The highest BCUT2D eigenvalue weighted by molar-refractivity contribution is 5.91. The van der Waals surface area contributed by atoms with Crippen molar-refractivity contribution >= 4 is 5.78 Å². The summed E-state index contributed by atoms with van der Waals surface area (Å²) in [4.78, 5) is 16.5. The number of allylic oxidation sites excluding steroid dienone is 2. The van der Waals surface area contributed by atoms with Crippen molar-refractivity contribution < 1.29 is 4.79 Å². The molecule has 2 aromatic rings. The fourth-order valence-corrected chi connectivity index (χ4v) is 3.14. The van der Waals surface area contributed by atoms with E-state index in [9.17, 15) is 4.79 Å². The summed E-state index contributed by atoms with van der Waals surface area (Å²) in [5, 5.41) is 3.55. The minimum Gasteiger partial charge on any atom is -0.376 e. The minimum absolute atomic E-state index is 0.000475. The van der Waals surface area contributed by atoms with Crippen LogP contribution in [0, 0.1) is 5.41 Å². The SMILES string of the molecule is CC1(C)CC(=O)C=C(NC(c2ccccc2)c2ccccn2)C1. The number of hydrogen-bond donors (Lipinski definition) is 1. The van der Waals surface area contributed by atoms with E-state index < -0.39 is 0 Å². The average Bonchev–Trinajstić information content (AvgIpc) is 2.52. The van der Waals surface area contributed by atoms with Gasteiger partial charge in [0.2, 0.25) is 0 Å². The topological polar surface area (TPSA) is 42.0 Å². The lowest BCUT2D eigenvalue weighted by molar-refractivity contribution is -0.117. The van der Waals surface area contributed by atoms with E-state index in [-0.39, 0.29) is 17.2 Å². The Morgan fingerprint density at radius 1 is 1.04 bits per heavy atom. The van der Waals surface area contributed by atoms with Gasteiger partial charge in [-0.3, -0.25) is 9.78 Å². The summed E-state index contributed by atoms with van der Waals surface area (Å²) in [5.41, 5.74) is 3.09. The third-order valence-electron chi connectivity index (χ3n) is 4.10. The monoisotopic (exact) mass is 306 g/mol. The van der Waals surface area contributed by atoms with Crippen molar-refractivity contribution in [1.29, 1.82) is 0 Å². The average molecular weight is 306 g/mol. The van der Waals surface area contributed by atoms with Gasteiger partial charge < -0.3 is 5.32 Å². The standard InChI is InChI=1S/C20H22N2O/c1-20(2)13-16(12-17(23)14-20)22-19(15-8-4-3-5-9-15)18-10-6-7-11-21-18/h3-12,19,22H,13-14H2,1-2H3. The van der Waals surface area contributed by atoms with Crippen LogP contribution < -0.4 is 5.32 Å². The van der Waals surface area contributed by atoms with Crippen LogP contribution in [0.3, 0.4) is 0 Å². The fraction of sp³-hybridized carbons (Fsp3) is 0.300. The largest absolute Gasteiger partial charge is 0.376 e. The van der Waals surface area contributed by atoms with Gasteiger partial charge in [0.05, 0.1) is 11.7 Å². The van der Waals surface area contributed by atoms with Crippen molar-refractivity contribution in [3.63, 3.8) is 0 Å². The smallest absolute Gasteiger partial charge is 0.157 e. The summed E-state index contributed by atoms with van der Waals surface area (Å²) in [6, 6.07) is 16.1. The number of carbonyl (C=O) groups is 1. The Morgan fingerprint density at radius 3 is 2.43 bits per heavy atom. The molecule has 0 saturated heterocycles. The van der Waals surface area contributed by atoms with Crippen molar-refractivity contribution in [1.82, 2.24) is 10.3 Å². The van der Waals surface area contributed by atoms with Gasteiger partial charge in [-0.05, 0) is 29.5 Å². The van der Waals surface area contributed by atoms with Gasteiger partial charge in [0.1, 0.15) is 0 Å². The van der Waals surface area contributed by atoms with Crippen molar-refractivity contribution in [2.75, 3.05) is 0 Å². The lowest BCUT2D eigenvalue weighted by Crippen LogP contribution is -2.30. The second kappa shape index (κ2) is 6.37. The number of nitrogens with zero attached hydrogens (tertiary/aromatic N) is 1. The maximum absolute atomic E-state index is 12.0. The molecule has 0 amide bonds. The molecule has 3 nitrogen and oxygen atoms in total. The van der Waals surface area contributed by atoms with E-state index in [1.165, 1.54) is 0 Å². The van der Waals surface area contributed by atoms with Gasteiger partial charge in [-0.2, -0.15) is 0 Å². The zero-order valence-corrected chi connectivity index (χ0v) is 13.6. The van der Waals surface area contributed by atoms with E-state index >= 15 is 0 Å². The molecule has 118 valence electrons. The Balaban J connectivity index is 1.93. The predicted molar refractivity (Wildman–Crippen MR) is 91.8 cm³/mol. The molecule has 1 N–H and O–H groups in total. The molecule has 3 heteroatoms. The maximum atomic E-state index is 12.0. The number of pyridine rings is 1. The van der Waals surface area contributed by atoms with E-state index in [0.717, 1.165) is 23.4 Å². The summed E-state index contributed by atoms with van der Waals surface area (Å²) in [5.74, 6) is 0.191.